The Bertz CT molecular complexity index is 1450. The number of amides is 1. The fourth-order valence-electron chi connectivity index (χ4n) is 3.82. The number of rotatable bonds is 8. The van der Waals surface area contributed by atoms with Crippen molar-refractivity contribution in [1.82, 2.24) is 9.78 Å². The van der Waals surface area contributed by atoms with Crippen LogP contribution in [-0.2, 0) is 24.6 Å². The summed E-state index contributed by atoms with van der Waals surface area (Å²) in [7, 11) is 0. The fourth-order valence-corrected chi connectivity index (χ4v) is 3.82. The molecule has 0 aliphatic carbocycles. The average molecular weight is 556 g/mol. The summed E-state index contributed by atoms with van der Waals surface area (Å²) in [6, 6.07) is 10.1. The van der Waals surface area contributed by atoms with Crippen molar-refractivity contribution in [3.63, 3.8) is 0 Å². The second-order valence-corrected chi connectivity index (χ2v) is 10.3. The zero-order chi connectivity index (χ0) is 29.7. The Morgan fingerprint density at radius 2 is 1.80 bits per heavy atom. The highest BCUT2D eigenvalue weighted by molar-refractivity contribution is 6.07. The van der Waals surface area contributed by atoms with Crippen molar-refractivity contribution in [2.75, 3.05) is 10.6 Å². The van der Waals surface area contributed by atoms with Crippen molar-refractivity contribution in [3.8, 4) is 0 Å². The third kappa shape index (κ3) is 7.91. The maximum atomic E-state index is 14.7. The summed E-state index contributed by atoms with van der Waals surface area (Å²) in [6.45, 7) is 13.7. The molecule has 0 aliphatic heterocycles. The second kappa shape index (κ2) is 12.3. The molecule has 0 saturated carbocycles. The van der Waals surface area contributed by atoms with Crippen LogP contribution in [0.3, 0.4) is 0 Å². The van der Waals surface area contributed by atoms with Crippen LogP contribution in [0.1, 0.15) is 61.8 Å². The fraction of sp³-hybridized carbons (Fsp3) is 0.300. The Balaban J connectivity index is 1.79. The number of aryl methyl sites for hydroxylation is 2. The van der Waals surface area contributed by atoms with Crippen molar-refractivity contribution >= 4 is 23.2 Å². The lowest BCUT2D eigenvalue weighted by Crippen LogP contribution is -2.27. The van der Waals surface area contributed by atoms with Gasteiger partial charge in [-0.3, -0.25) is 4.79 Å². The van der Waals surface area contributed by atoms with Crippen molar-refractivity contribution in [2.45, 2.75) is 59.2 Å². The van der Waals surface area contributed by atoms with Gasteiger partial charge in [0.15, 0.2) is 0 Å². The molecule has 3 rings (SSSR count). The monoisotopic (exact) mass is 555 g/mol. The Labute approximate surface area is 231 Å². The van der Waals surface area contributed by atoms with E-state index in [1.54, 1.807) is 6.20 Å². The molecule has 2 N–H and O–H groups in total. The van der Waals surface area contributed by atoms with Gasteiger partial charge in [-0.25, -0.2) is 14.1 Å². The van der Waals surface area contributed by atoms with Gasteiger partial charge in [0.05, 0.1) is 16.8 Å². The third-order valence-electron chi connectivity index (χ3n) is 5.80. The van der Waals surface area contributed by atoms with Crippen molar-refractivity contribution in [1.29, 1.82) is 0 Å². The number of amidine groups is 1. The number of allylic oxidation sites excluding steroid dienone is 1. The number of anilines is 2. The van der Waals surface area contributed by atoms with Crippen molar-refractivity contribution in [2.24, 2.45) is 4.99 Å². The Morgan fingerprint density at radius 3 is 2.42 bits per heavy atom. The van der Waals surface area contributed by atoms with Crippen LogP contribution in [-0.4, -0.2) is 21.5 Å². The number of aliphatic imine (C=N–C) groups is 1. The molecule has 0 bridgehead atoms. The van der Waals surface area contributed by atoms with Crippen LogP contribution in [0.5, 0.6) is 0 Å². The standard InChI is InChI=1S/C30H33F4N5O/c1-7-15-35-27(19(2)3)37-26-18-24(38-39(26)29(4,5)6)12-11-20-17-23(13-14-25(20)31)36-28(40)21-9-8-10-22(16-21)30(32,33)34/h7-10,13-18H,2,11-12H2,1,3-6H3,(H,35,37)(H,36,40)/b15-7-. The minimum atomic E-state index is -4.57. The SMILES string of the molecule is C=C(C)C(=N/C=C\C)Nc1cc(CCc2cc(NC(=O)c3cccc(C(F)(F)F)c3)ccc2F)nn1C(C)(C)C. The van der Waals surface area contributed by atoms with Gasteiger partial charge in [-0.2, -0.15) is 18.3 Å². The van der Waals surface area contributed by atoms with Crippen molar-refractivity contribution in [3.05, 3.63) is 101 Å². The van der Waals surface area contributed by atoms with Gasteiger partial charge in [-0.15, -0.1) is 0 Å². The Morgan fingerprint density at radius 1 is 1.07 bits per heavy atom. The van der Waals surface area contributed by atoms with E-state index in [0.29, 0.717) is 29.3 Å². The van der Waals surface area contributed by atoms with Gasteiger partial charge in [0.25, 0.3) is 5.91 Å². The lowest BCUT2D eigenvalue weighted by Gasteiger charge is -2.23. The van der Waals surface area contributed by atoms with Gasteiger partial charge in [-0.1, -0.05) is 18.7 Å². The zero-order valence-electron chi connectivity index (χ0n) is 23.2. The number of alkyl halides is 3. The molecule has 1 heterocycles. The smallest absolute Gasteiger partial charge is 0.325 e. The van der Waals surface area contributed by atoms with E-state index in [2.05, 4.69) is 22.2 Å². The van der Waals surface area contributed by atoms with E-state index in [-0.39, 0.29) is 23.2 Å². The van der Waals surface area contributed by atoms with Crippen molar-refractivity contribution < 1.29 is 22.4 Å². The first-order valence-corrected chi connectivity index (χ1v) is 12.7. The van der Waals surface area contributed by atoms with Crippen LogP contribution >= 0.6 is 0 Å². The van der Waals surface area contributed by atoms with E-state index >= 15 is 0 Å². The number of carbonyl (C=O) groups is 1. The van der Waals surface area contributed by atoms with E-state index in [9.17, 15) is 22.4 Å². The van der Waals surface area contributed by atoms with E-state index < -0.39 is 23.5 Å². The molecule has 0 radical (unpaired) electrons. The maximum absolute atomic E-state index is 14.7. The van der Waals surface area contributed by atoms with E-state index in [0.717, 1.165) is 17.7 Å². The predicted octanol–water partition coefficient (Wildman–Crippen LogP) is 7.75. The Kier molecular flexibility index (Phi) is 9.34. The molecule has 2 aromatic carbocycles. The first-order chi connectivity index (χ1) is 18.7. The number of carbonyl (C=O) groups excluding carboxylic acids is 1. The molecule has 10 heteroatoms. The molecule has 0 fully saturated rings. The molecule has 0 spiro atoms. The molecule has 1 aromatic heterocycles. The van der Waals surface area contributed by atoms with E-state index in [4.69, 9.17) is 5.10 Å². The summed E-state index contributed by atoms with van der Waals surface area (Å²) in [5.74, 6) is 0.103. The highest BCUT2D eigenvalue weighted by Crippen LogP contribution is 2.30. The summed E-state index contributed by atoms with van der Waals surface area (Å²) < 4.78 is 55.6. The number of nitrogens with zero attached hydrogens (tertiary/aromatic N) is 3. The highest BCUT2D eigenvalue weighted by atomic mass is 19.4. The summed E-state index contributed by atoms with van der Waals surface area (Å²) in [5.41, 5.74) is 0.620. The maximum Gasteiger partial charge on any atom is 0.416 e. The van der Waals surface area contributed by atoms with Gasteiger partial charge < -0.3 is 10.6 Å². The van der Waals surface area contributed by atoms with Gasteiger partial charge in [0.1, 0.15) is 17.5 Å². The van der Waals surface area contributed by atoms with Gasteiger partial charge in [0.2, 0.25) is 0 Å². The van der Waals surface area contributed by atoms with Crippen LogP contribution in [0, 0.1) is 5.82 Å². The topological polar surface area (TPSA) is 71.3 Å². The first-order valence-electron chi connectivity index (χ1n) is 12.7. The molecule has 3 aromatic rings. The molecular formula is C30H33F4N5O. The minimum absolute atomic E-state index is 0.152. The third-order valence-corrected chi connectivity index (χ3v) is 5.80. The molecular weight excluding hydrogens is 522 g/mol. The quantitative estimate of drug-likeness (QED) is 0.170. The molecule has 0 aliphatic rings. The highest BCUT2D eigenvalue weighted by Gasteiger charge is 2.31. The average Bonchev–Trinajstić information content (AvgIpc) is 3.29. The van der Waals surface area contributed by atoms with E-state index in [1.165, 1.54) is 30.3 Å². The molecule has 40 heavy (non-hydrogen) atoms. The largest absolute Gasteiger partial charge is 0.416 e. The number of hydrogen-bond acceptors (Lipinski definition) is 3. The first kappa shape index (κ1) is 30.3. The molecule has 212 valence electrons. The number of nitrogens with one attached hydrogen (secondary N) is 2. The number of benzene rings is 2. The molecule has 6 nitrogen and oxygen atoms in total. The summed E-state index contributed by atoms with van der Waals surface area (Å²) >= 11 is 0. The number of hydrogen-bond donors (Lipinski definition) is 2. The number of halogens is 4. The predicted molar refractivity (Wildman–Crippen MR) is 151 cm³/mol. The van der Waals surface area contributed by atoms with Gasteiger partial charge in [0, 0.05) is 23.5 Å². The molecule has 1 amide bonds. The summed E-state index contributed by atoms with van der Waals surface area (Å²) in [5, 5.41) is 10.6. The minimum Gasteiger partial charge on any atom is -0.325 e. The van der Waals surface area contributed by atoms with Gasteiger partial charge >= 0.3 is 6.18 Å². The summed E-state index contributed by atoms with van der Waals surface area (Å²) in [4.78, 5) is 17.0. The second-order valence-electron chi connectivity index (χ2n) is 10.3. The van der Waals surface area contributed by atoms with Crippen LogP contribution in [0.15, 0.2) is 78.0 Å². The molecule has 0 atom stereocenters. The van der Waals surface area contributed by atoms with Crippen LogP contribution in [0.4, 0.5) is 29.1 Å². The normalized spacial score (nSPS) is 12.6. The zero-order valence-corrected chi connectivity index (χ0v) is 23.2. The molecule has 0 saturated heterocycles. The van der Waals surface area contributed by atoms with Crippen LogP contribution < -0.4 is 10.6 Å². The number of aromatic nitrogens is 2. The van der Waals surface area contributed by atoms with Crippen LogP contribution in [0.2, 0.25) is 0 Å². The lowest BCUT2D eigenvalue weighted by atomic mass is 10.1. The lowest BCUT2D eigenvalue weighted by molar-refractivity contribution is -0.137. The van der Waals surface area contributed by atoms with Crippen LogP contribution in [0.25, 0.3) is 0 Å². The van der Waals surface area contributed by atoms with E-state index in [1.807, 2.05) is 51.4 Å². The Hall–Kier alpha value is -4.21. The molecule has 0 unspecified atom stereocenters. The summed E-state index contributed by atoms with van der Waals surface area (Å²) in [6.07, 6.45) is -0.424. The van der Waals surface area contributed by atoms with Gasteiger partial charge in [-0.05, 0) is 95.0 Å².